The molecule has 2 heteroatoms. The van der Waals surface area contributed by atoms with E-state index < -0.39 is 0 Å². The van der Waals surface area contributed by atoms with E-state index in [1.807, 2.05) is 7.11 Å². The van der Waals surface area contributed by atoms with Gasteiger partial charge in [0.05, 0.1) is 6.10 Å². The highest BCUT2D eigenvalue weighted by Crippen LogP contribution is 2.35. The SMILES string of the molecule is CCCNC(CCC1CC1)C(OC)c1ccccc1. The molecule has 106 valence electrons. The van der Waals surface area contributed by atoms with Crippen LogP contribution in [0.1, 0.15) is 50.7 Å². The fourth-order valence-corrected chi connectivity index (χ4v) is 2.69. The first kappa shape index (κ1) is 14.5. The Morgan fingerprint density at radius 3 is 2.58 bits per heavy atom. The van der Waals surface area contributed by atoms with E-state index in [2.05, 4.69) is 42.6 Å². The van der Waals surface area contributed by atoms with Gasteiger partial charge in [-0.15, -0.1) is 0 Å². The van der Waals surface area contributed by atoms with Crippen LogP contribution >= 0.6 is 0 Å². The number of rotatable bonds is 9. The number of benzene rings is 1. The van der Waals surface area contributed by atoms with Crippen molar-refractivity contribution in [2.45, 2.75) is 51.2 Å². The second-order valence-corrected chi connectivity index (χ2v) is 5.65. The highest BCUT2D eigenvalue weighted by atomic mass is 16.5. The summed E-state index contributed by atoms with van der Waals surface area (Å²) in [6, 6.07) is 11.0. The summed E-state index contributed by atoms with van der Waals surface area (Å²) in [6.45, 7) is 3.29. The maximum atomic E-state index is 5.79. The van der Waals surface area contributed by atoms with Crippen molar-refractivity contribution in [3.63, 3.8) is 0 Å². The van der Waals surface area contributed by atoms with Crippen molar-refractivity contribution in [2.24, 2.45) is 5.92 Å². The minimum atomic E-state index is 0.173. The number of hydrogen-bond acceptors (Lipinski definition) is 2. The summed E-state index contributed by atoms with van der Waals surface area (Å²) < 4.78 is 5.79. The van der Waals surface area contributed by atoms with Crippen LogP contribution in [0.4, 0.5) is 0 Å². The predicted molar refractivity (Wildman–Crippen MR) is 80.2 cm³/mol. The summed E-state index contributed by atoms with van der Waals surface area (Å²) >= 11 is 0. The molecule has 19 heavy (non-hydrogen) atoms. The smallest absolute Gasteiger partial charge is 0.0973 e. The van der Waals surface area contributed by atoms with Crippen LogP contribution in [0.25, 0.3) is 0 Å². The Labute approximate surface area is 117 Å². The third-order valence-electron chi connectivity index (χ3n) is 3.99. The van der Waals surface area contributed by atoms with Gasteiger partial charge in [0.15, 0.2) is 0 Å². The molecule has 2 atom stereocenters. The van der Waals surface area contributed by atoms with Gasteiger partial charge in [-0.1, -0.05) is 50.1 Å². The molecule has 1 aromatic rings. The van der Waals surface area contributed by atoms with E-state index in [-0.39, 0.29) is 6.10 Å². The molecular formula is C17H27NO. The summed E-state index contributed by atoms with van der Waals surface area (Å²) in [5.74, 6) is 0.985. The molecule has 0 amide bonds. The normalized spacial score (nSPS) is 18.2. The van der Waals surface area contributed by atoms with Gasteiger partial charge < -0.3 is 10.1 Å². The van der Waals surface area contributed by atoms with Gasteiger partial charge in [-0.25, -0.2) is 0 Å². The third-order valence-corrected chi connectivity index (χ3v) is 3.99. The molecule has 2 nitrogen and oxygen atoms in total. The molecular weight excluding hydrogens is 234 g/mol. The second-order valence-electron chi connectivity index (χ2n) is 5.65. The second kappa shape index (κ2) is 7.66. The van der Waals surface area contributed by atoms with Gasteiger partial charge in [0.1, 0.15) is 0 Å². The largest absolute Gasteiger partial charge is 0.375 e. The van der Waals surface area contributed by atoms with Crippen LogP contribution in [0.2, 0.25) is 0 Å². The Morgan fingerprint density at radius 2 is 2.00 bits per heavy atom. The Bertz CT molecular complexity index is 348. The Balaban J connectivity index is 1.99. The lowest BCUT2D eigenvalue weighted by Crippen LogP contribution is -2.36. The average molecular weight is 261 g/mol. The van der Waals surface area contributed by atoms with Gasteiger partial charge in [0.25, 0.3) is 0 Å². The molecule has 0 aliphatic heterocycles. The Hall–Kier alpha value is -0.860. The standard InChI is InChI=1S/C17H27NO/c1-3-13-18-16(12-11-14-9-10-14)17(19-2)15-7-5-4-6-8-15/h4-8,14,16-18H,3,9-13H2,1-2H3. The lowest BCUT2D eigenvalue weighted by molar-refractivity contribution is 0.0637. The molecule has 2 rings (SSSR count). The molecule has 0 radical (unpaired) electrons. The zero-order chi connectivity index (χ0) is 13.5. The molecule has 0 aromatic heterocycles. The summed E-state index contributed by atoms with van der Waals surface area (Å²) in [6.07, 6.45) is 6.77. The summed E-state index contributed by atoms with van der Waals surface area (Å²) in [5, 5.41) is 3.68. The van der Waals surface area contributed by atoms with Crippen LogP contribution in [-0.2, 0) is 4.74 Å². The number of hydrogen-bond donors (Lipinski definition) is 1. The van der Waals surface area contributed by atoms with Crippen molar-refractivity contribution in [2.75, 3.05) is 13.7 Å². The van der Waals surface area contributed by atoms with Gasteiger partial charge in [-0.05, 0) is 37.3 Å². The van der Waals surface area contributed by atoms with Crippen LogP contribution in [0.15, 0.2) is 30.3 Å². The van der Waals surface area contributed by atoms with E-state index in [9.17, 15) is 0 Å². The van der Waals surface area contributed by atoms with Gasteiger partial charge in [0, 0.05) is 13.2 Å². The van der Waals surface area contributed by atoms with Crippen molar-refractivity contribution in [3.05, 3.63) is 35.9 Å². The van der Waals surface area contributed by atoms with Crippen molar-refractivity contribution in [3.8, 4) is 0 Å². The molecule has 1 saturated carbocycles. The van der Waals surface area contributed by atoms with Crippen LogP contribution < -0.4 is 5.32 Å². The van der Waals surface area contributed by atoms with Crippen molar-refractivity contribution in [1.82, 2.24) is 5.32 Å². The minimum Gasteiger partial charge on any atom is -0.375 e. The van der Waals surface area contributed by atoms with Gasteiger partial charge >= 0.3 is 0 Å². The molecule has 1 N–H and O–H groups in total. The van der Waals surface area contributed by atoms with E-state index in [0.717, 1.165) is 12.5 Å². The molecule has 0 saturated heterocycles. The van der Waals surface area contributed by atoms with E-state index >= 15 is 0 Å². The molecule has 0 bridgehead atoms. The fraction of sp³-hybridized carbons (Fsp3) is 0.647. The lowest BCUT2D eigenvalue weighted by Gasteiger charge is -2.27. The zero-order valence-corrected chi connectivity index (χ0v) is 12.3. The molecule has 0 spiro atoms. The van der Waals surface area contributed by atoms with Crippen molar-refractivity contribution < 1.29 is 4.74 Å². The van der Waals surface area contributed by atoms with Crippen LogP contribution in [0.3, 0.4) is 0 Å². The molecule has 0 heterocycles. The molecule has 2 unspecified atom stereocenters. The predicted octanol–water partition coefficient (Wildman–Crippen LogP) is 3.93. The Morgan fingerprint density at radius 1 is 1.26 bits per heavy atom. The molecule has 1 fully saturated rings. The quantitative estimate of drug-likeness (QED) is 0.727. The van der Waals surface area contributed by atoms with Crippen LogP contribution in [0, 0.1) is 5.92 Å². The van der Waals surface area contributed by atoms with Crippen LogP contribution in [0.5, 0.6) is 0 Å². The van der Waals surface area contributed by atoms with E-state index in [0.29, 0.717) is 6.04 Å². The number of ether oxygens (including phenoxy) is 1. The maximum absolute atomic E-state index is 5.79. The summed E-state index contributed by atoms with van der Waals surface area (Å²) in [5.41, 5.74) is 1.29. The molecule has 1 aromatic carbocycles. The number of methoxy groups -OCH3 is 1. The highest BCUT2D eigenvalue weighted by Gasteiger charge is 2.27. The molecule has 1 aliphatic carbocycles. The minimum absolute atomic E-state index is 0.173. The molecule has 1 aliphatic rings. The first-order chi connectivity index (χ1) is 9.35. The fourth-order valence-electron chi connectivity index (χ4n) is 2.69. The number of nitrogens with one attached hydrogen (secondary N) is 1. The van der Waals surface area contributed by atoms with E-state index in [4.69, 9.17) is 4.74 Å². The summed E-state index contributed by atoms with van der Waals surface area (Å²) in [4.78, 5) is 0. The highest BCUT2D eigenvalue weighted by molar-refractivity contribution is 5.19. The lowest BCUT2D eigenvalue weighted by atomic mass is 9.97. The topological polar surface area (TPSA) is 21.3 Å². The first-order valence-electron chi connectivity index (χ1n) is 7.66. The zero-order valence-electron chi connectivity index (χ0n) is 12.3. The first-order valence-corrected chi connectivity index (χ1v) is 7.66. The maximum Gasteiger partial charge on any atom is 0.0973 e. The van der Waals surface area contributed by atoms with Crippen LogP contribution in [-0.4, -0.2) is 19.7 Å². The van der Waals surface area contributed by atoms with Crippen molar-refractivity contribution in [1.29, 1.82) is 0 Å². The van der Waals surface area contributed by atoms with Crippen molar-refractivity contribution >= 4 is 0 Å². The van der Waals surface area contributed by atoms with Gasteiger partial charge in [-0.3, -0.25) is 0 Å². The average Bonchev–Trinajstić information content (AvgIpc) is 3.27. The van der Waals surface area contributed by atoms with Gasteiger partial charge in [-0.2, -0.15) is 0 Å². The third kappa shape index (κ3) is 4.63. The Kier molecular flexibility index (Phi) is 5.87. The van der Waals surface area contributed by atoms with E-state index in [1.165, 1.54) is 37.7 Å². The van der Waals surface area contributed by atoms with E-state index in [1.54, 1.807) is 0 Å². The monoisotopic (exact) mass is 261 g/mol. The summed E-state index contributed by atoms with van der Waals surface area (Å²) in [7, 11) is 1.83. The van der Waals surface area contributed by atoms with Gasteiger partial charge in [0.2, 0.25) is 0 Å².